The normalized spacial score (nSPS) is 10.2. The van der Waals surface area contributed by atoms with Crippen molar-refractivity contribution in [1.29, 1.82) is 0 Å². The van der Waals surface area contributed by atoms with Crippen LogP contribution in [0.15, 0.2) is 6.07 Å². The van der Waals surface area contributed by atoms with Crippen molar-refractivity contribution >= 4 is 6.09 Å². The highest BCUT2D eigenvalue weighted by Crippen LogP contribution is 2.33. The fourth-order valence-corrected chi connectivity index (χ4v) is 1.99. The first-order chi connectivity index (χ1) is 8.92. The highest BCUT2D eigenvalue weighted by Gasteiger charge is 2.15. The second-order valence-electron chi connectivity index (χ2n) is 4.48. The summed E-state index contributed by atoms with van der Waals surface area (Å²) in [6.45, 7) is 4.36. The minimum Gasteiger partial charge on any atom is -0.496 e. The van der Waals surface area contributed by atoms with E-state index in [1.807, 2.05) is 19.9 Å². The Labute approximate surface area is 113 Å². The number of hydrogen-bond donors (Lipinski definition) is 1. The van der Waals surface area contributed by atoms with E-state index in [4.69, 9.17) is 14.6 Å². The third-order valence-electron chi connectivity index (χ3n) is 3.34. The molecule has 1 amide bonds. The van der Waals surface area contributed by atoms with Gasteiger partial charge in [0.05, 0.1) is 14.2 Å². The van der Waals surface area contributed by atoms with Crippen molar-refractivity contribution in [2.75, 3.05) is 27.8 Å². The summed E-state index contributed by atoms with van der Waals surface area (Å²) >= 11 is 0. The minimum atomic E-state index is -0.935. The molecule has 0 saturated heterocycles. The van der Waals surface area contributed by atoms with Crippen molar-refractivity contribution in [1.82, 2.24) is 4.90 Å². The number of ether oxygens (including phenoxy) is 2. The summed E-state index contributed by atoms with van der Waals surface area (Å²) in [4.78, 5) is 12.0. The Morgan fingerprint density at radius 2 is 1.89 bits per heavy atom. The number of amides is 1. The summed E-state index contributed by atoms with van der Waals surface area (Å²) in [5, 5.41) is 8.86. The van der Waals surface area contributed by atoms with Gasteiger partial charge < -0.3 is 19.5 Å². The van der Waals surface area contributed by atoms with E-state index >= 15 is 0 Å². The molecule has 1 rings (SSSR count). The van der Waals surface area contributed by atoms with Gasteiger partial charge in [0.25, 0.3) is 0 Å². The lowest BCUT2D eigenvalue weighted by atomic mass is 10.0. The molecule has 0 aliphatic rings. The molecule has 5 heteroatoms. The van der Waals surface area contributed by atoms with Crippen LogP contribution in [-0.2, 0) is 6.42 Å². The Morgan fingerprint density at radius 1 is 1.26 bits per heavy atom. The Balaban J connectivity index is 3.05. The lowest BCUT2D eigenvalue weighted by Crippen LogP contribution is -2.27. The number of hydrogen-bond acceptors (Lipinski definition) is 3. The van der Waals surface area contributed by atoms with Crippen LogP contribution in [-0.4, -0.2) is 43.9 Å². The van der Waals surface area contributed by atoms with Gasteiger partial charge in [0.15, 0.2) is 0 Å². The molecule has 0 fully saturated rings. The maximum Gasteiger partial charge on any atom is 0.407 e. The molecule has 0 radical (unpaired) electrons. The molecular formula is C14H21NO4. The quantitative estimate of drug-likeness (QED) is 0.890. The zero-order valence-corrected chi connectivity index (χ0v) is 12.1. The zero-order chi connectivity index (χ0) is 14.6. The molecule has 19 heavy (non-hydrogen) atoms. The zero-order valence-electron chi connectivity index (χ0n) is 12.1. The van der Waals surface area contributed by atoms with Gasteiger partial charge in [0.1, 0.15) is 11.5 Å². The highest BCUT2D eigenvalue weighted by atomic mass is 16.5. The molecule has 0 aliphatic carbocycles. The molecule has 1 N–H and O–H groups in total. The number of benzene rings is 1. The fourth-order valence-electron chi connectivity index (χ4n) is 1.99. The minimum absolute atomic E-state index is 0.414. The molecule has 106 valence electrons. The van der Waals surface area contributed by atoms with Crippen molar-refractivity contribution in [2.45, 2.75) is 20.3 Å². The van der Waals surface area contributed by atoms with Crippen molar-refractivity contribution in [2.24, 2.45) is 0 Å². The predicted octanol–water partition coefficient (Wildman–Crippen LogP) is 2.47. The van der Waals surface area contributed by atoms with E-state index < -0.39 is 6.09 Å². The average molecular weight is 267 g/mol. The second kappa shape index (κ2) is 6.31. The SMILES string of the molecule is COc1cc(CCN(C)C(=O)O)c(OC)c(C)c1C. The number of rotatable bonds is 5. The molecule has 0 saturated carbocycles. The lowest BCUT2D eigenvalue weighted by Gasteiger charge is -2.18. The first-order valence-corrected chi connectivity index (χ1v) is 6.07. The van der Waals surface area contributed by atoms with Crippen LogP contribution in [0.4, 0.5) is 4.79 Å². The van der Waals surface area contributed by atoms with Gasteiger partial charge in [-0.25, -0.2) is 4.79 Å². The van der Waals surface area contributed by atoms with Gasteiger partial charge in [-0.3, -0.25) is 0 Å². The third-order valence-corrected chi connectivity index (χ3v) is 3.34. The van der Waals surface area contributed by atoms with Crippen LogP contribution in [0.2, 0.25) is 0 Å². The topological polar surface area (TPSA) is 59.0 Å². The molecular weight excluding hydrogens is 246 g/mol. The average Bonchev–Trinajstić information content (AvgIpc) is 2.39. The van der Waals surface area contributed by atoms with Gasteiger partial charge in [-0.1, -0.05) is 0 Å². The van der Waals surface area contributed by atoms with Gasteiger partial charge in [0.2, 0.25) is 0 Å². The van der Waals surface area contributed by atoms with Crippen LogP contribution >= 0.6 is 0 Å². The van der Waals surface area contributed by atoms with E-state index in [0.29, 0.717) is 13.0 Å². The second-order valence-corrected chi connectivity index (χ2v) is 4.48. The van der Waals surface area contributed by atoms with Gasteiger partial charge >= 0.3 is 6.09 Å². The monoisotopic (exact) mass is 267 g/mol. The summed E-state index contributed by atoms with van der Waals surface area (Å²) in [5.41, 5.74) is 3.01. The summed E-state index contributed by atoms with van der Waals surface area (Å²) in [7, 11) is 4.80. The molecule has 1 aromatic rings. The number of carboxylic acid groups (broad SMARTS) is 1. The Hall–Kier alpha value is -1.91. The first-order valence-electron chi connectivity index (χ1n) is 6.07. The summed E-state index contributed by atoms with van der Waals surface area (Å²) in [5.74, 6) is 1.60. The maximum atomic E-state index is 10.8. The van der Waals surface area contributed by atoms with E-state index in [1.165, 1.54) is 4.90 Å². The van der Waals surface area contributed by atoms with Gasteiger partial charge in [-0.2, -0.15) is 0 Å². The van der Waals surface area contributed by atoms with Crippen LogP contribution in [0.25, 0.3) is 0 Å². The van der Waals surface area contributed by atoms with E-state index in [2.05, 4.69) is 0 Å². The molecule has 0 atom stereocenters. The summed E-state index contributed by atoms with van der Waals surface area (Å²) < 4.78 is 10.8. The van der Waals surface area contributed by atoms with Crippen LogP contribution in [0.1, 0.15) is 16.7 Å². The maximum absolute atomic E-state index is 10.8. The van der Waals surface area contributed by atoms with E-state index in [-0.39, 0.29) is 0 Å². The van der Waals surface area contributed by atoms with Crippen molar-refractivity contribution < 1.29 is 19.4 Å². The molecule has 0 aromatic heterocycles. The van der Waals surface area contributed by atoms with Crippen molar-refractivity contribution in [3.05, 3.63) is 22.8 Å². The largest absolute Gasteiger partial charge is 0.496 e. The Kier molecular flexibility index (Phi) is 5.03. The number of carbonyl (C=O) groups is 1. The van der Waals surface area contributed by atoms with Crippen LogP contribution < -0.4 is 9.47 Å². The summed E-state index contributed by atoms with van der Waals surface area (Å²) in [6, 6.07) is 1.91. The van der Waals surface area contributed by atoms with Crippen LogP contribution in [0.5, 0.6) is 11.5 Å². The van der Waals surface area contributed by atoms with Gasteiger partial charge in [-0.05, 0) is 43.0 Å². The molecule has 0 bridgehead atoms. The first kappa shape index (κ1) is 15.1. The molecule has 0 aliphatic heterocycles. The van der Waals surface area contributed by atoms with Crippen LogP contribution in [0.3, 0.4) is 0 Å². The van der Waals surface area contributed by atoms with E-state index in [1.54, 1.807) is 21.3 Å². The van der Waals surface area contributed by atoms with Gasteiger partial charge in [-0.15, -0.1) is 0 Å². The summed E-state index contributed by atoms with van der Waals surface area (Å²) in [6.07, 6.45) is -0.349. The Bertz CT molecular complexity index is 471. The van der Waals surface area contributed by atoms with E-state index in [9.17, 15) is 4.79 Å². The molecule has 1 aromatic carbocycles. The standard InChI is InChI=1S/C14H21NO4/c1-9-10(2)13(19-5)11(8-12(9)18-4)6-7-15(3)14(16)17/h8H,6-7H2,1-5H3,(H,16,17). The predicted molar refractivity (Wildman–Crippen MR) is 73.4 cm³/mol. The smallest absolute Gasteiger partial charge is 0.407 e. The van der Waals surface area contributed by atoms with Crippen molar-refractivity contribution in [3.8, 4) is 11.5 Å². The molecule has 0 unspecified atom stereocenters. The Morgan fingerprint density at radius 3 is 2.37 bits per heavy atom. The lowest BCUT2D eigenvalue weighted by molar-refractivity contribution is 0.156. The molecule has 0 heterocycles. The van der Waals surface area contributed by atoms with Gasteiger partial charge in [0, 0.05) is 13.6 Å². The number of nitrogens with zero attached hydrogens (tertiary/aromatic N) is 1. The third kappa shape index (κ3) is 3.30. The fraction of sp³-hybridized carbons (Fsp3) is 0.500. The van der Waals surface area contributed by atoms with Crippen LogP contribution in [0, 0.1) is 13.8 Å². The highest BCUT2D eigenvalue weighted by molar-refractivity contribution is 5.64. The molecule has 0 spiro atoms. The number of likely N-dealkylation sites (N-methyl/N-ethyl adjacent to an activating group) is 1. The number of methoxy groups -OCH3 is 2. The molecule has 5 nitrogen and oxygen atoms in total. The van der Waals surface area contributed by atoms with Crippen molar-refractivity contribution in [3.63, 3.8) is 0 Å². The van der Waals surface area contributed by atoms with E-state index in [0.717, 1.165) is 28.2 Å².